The molecule has 150 valence electrons. The van der Waals surface area contributed by atoms with Crippen LogP contribution in [0, 0.1) is 24.2 Å². The third-order valence-corrected chi connectivity index (χ3v) is 5.41. The van der Waals surface area contributed by atoms with E-state index in [4.69, 9.17) is 5.73 Å². The number of fused-ring (bicyclic) bond motifs is 1. The molecule has 0 amide bonds. The number of carbonyl (C=O) groups excluding carboxylic acids is 1. The van der Waals surface area contributed by atoms with Gasteiger partial charge in [0.1, 0.15) is 29.1 Å². The summed E-state index contributed by atoms with van der Waals surface area (Å²) < 4.78 is 3.45. The summed E-state index contributed by atoms with van der Waals surface area (Å²) in [6, 6.07) is 4.12. The summed E-state index contributed by atoms with van der Waals surface area (Å²) in [5.74, 6) is 1.52. The van der Waals surface area contributed by atoms with Gasteiger partial charge in [0.2, 0.25) is 0 Å². The van der Waals surface area contributed by atoms with Crippen LogP contribution in [-0.4, -0.2) is 36.7 Å². The number of aryl methyl sites for hydroxylation is 2. The van der Waals surface area contributed by atoms with E-state index in [1.807, 2.05) is 30.8 Å². The van der Waals surface area contributed by atoms with Crippen molar-refractivity contribution in [3.8, 4) is 6.07 Å². The number of nitrogens with zero attached hydrogens (tertiary/aromatic N) is 6. The van der Waals surface area contributed by atoms with Crippen LogP contribution in [0.4, 0.5) is 11.6 Å². The highest BCUT2D eigenvalue weighted by Crippen LogP contribution is 2.25. The number of nitrogens with two attached hydrogens (primary N) is 1. The summed E-state index contributed by atoms with van der Waals surface area (Å²) in [6.07, 6.45) is 4.75. The molecule has 4 rings (SSSR count). The van der Waals surface area contributed by atoms with Crippen LogP contribution in [0.15, 0.2) is 12.3 Å². The number of hydrogen-bond donors (Lipinski definition) is 2. The highest BCUT2D eigenvalue weighted by atomic mass is 16.1. The first-order chi connectivity index (χ1) is 14.0. The molecule has 0 spiro atoms. The van der Waals surface area contributed by atoms with Gasteiger partial charge < -0.3 is 11.1 Å². The van der Waals surface area contributed by atoms with E-state index in [0.29, 0.717) is 60.4 Å². The molecule has 1 aliphatic carbocycles. The minimum atomic E-state index is 0.294. The molecule has 1 fully saturated rings. The number of Topliss-reactive ketones (excluding diaryl/α,β-unsaturated/α-hetero) is 1. The Bertz CT molecular complexity index is 1110. The van der Waals surface area contributed by atoms with Crippen LogP contribution in [0.25, 0.3) is 5.65 Å². The Morgan fingerprint density at radius 2 is 2.17 bits per heavy atom. The standard InChI is InChI=1S/C20H24N8O/c1-3-16-12(2)25-28-18(22)17(10-21)19(24-20(16)28)23-6-4-14-5-7-27(26-14)11-13-8-15(29)9-13/h5,7,13H,3-4,6,8-9,11,22H2,1-2H3,(H,23,24). The number of ketones is 1. The molecule has 3 N–H and O–H groups in total. The van der Waals surface area contributed by atoms with Gasteiger partial charge in [-0.05, 0) is 25.3 Å². The summed E-state index contributed by atoms with van der Waals surface area (Å²) >= 11 is 0. The normalized spacial score (nSPS) is 14.2. The van der Waals surface area contributed by atoms with Crippen molar-refractivity contribution in [3.05, 3.63) is 34.8 Å². The summed E-state index contributed by atoms with van der Waals surface area (Å²) in [4.78, 5) is 15.7. The van der Waals surface area contributed by atoms with Crippen molar-refractivity contribution in [2.24, 2.45) is 5.92 Å². The largest absolute Gasteiger partial charge is 0.382 e. The molecule has 0 saturated heterocycles. The second-order valence-electron chi connectivity index (χ2n) is 7.50. The molecular formula is C20H24N8O. The second-order valence-corrected chi connectivity index (χ2v) is 7.50. The van der Waals surface area contributed by atoms with Crippen LogP contribution >= 0.6 is 0 Å². The van der Waals surface area contributed by atoms with Crippen LogP contribution in [0.1, 0.15) is 42.3 Å². The Morgan fingerprint density at radius 1 is 1.38 bits per heavy atom. The van der Waals surface area contributed by atoms with E-state index in [0.717, 1.165) is 29.9 Å². The van der Waals surface area contributed by atoms with Crippen LogP contribution in [0.5, 0.6) is 0 Å². The maximum absolute atomic E-state index is 11.1. The van der Waals surface area contributed by atoms with E-state index in [9.17, 15) is 10.1 Å². The molecule has 3 aromatic rings. The van der Waals surface area contributed by atoms with Crippen molar-refractivity contribution >= 4 is 23.1 Å². The summed E-state index contributed by atoms with van der Waals surface area (Å²) in [6.45, 7) is 5.32. The lowest BCUT2D eigenvalue weighted by molar-refractivity contribution is -0.127. The monoisotopic (exact) mass is 392 g/mol. The topological polar surface area (TPSA) is 127 Å². The molecule has 0 unspecified atom stereocenters. The number of hydrogen-bond acceptors (Lipinski definition) is 7. The highest BCUT2D eigenvalue weighted by Gasteiger charge is 2.26. The fourth-order valence-electron chi connectivity index (χ4n) is 3.80. The maximum Gasteiger partial charge on any atom is 0.163 e. The molecule has 9 heteroatoms. The molecular weight excluding hydrogens is 368 g/mol. The first-order valence-electron chi connectivity index (χ1n) is 9.85. The van der Waals surface area contributed by atoms with Gasteiger partial charge in [0.05, 0.1) is 11.4 Å². The molecule has 1 saturated carbocycles. The van der Waals surface area contributed by atoms with E-state index in [2.05, 4.69) is 26.6 Å². The maximum atomic E-state index is 11.1. The minimum Gasteiger partial charge on any atom is -0.382 e. The molecule has 0 radical (unpaired) electrons. The van der Waals surface area contributed by atoms with Gasteiger partial charge in [-0.3, -0.25) is 9.48 Å². The average molecular weight is 392 g/mol. The number of anilines is 2. The summed E-state index contributed by atoms with van der Waals surface area (Å²) in [5, 5.41) is 21.8. The Morgan fingerprint density at radius 3 is 2.86 bits per heavy atom. The predicted octanol–water partition coefficient (Wildman–Crippen LogP) is 1.88. The SMILES string of the molecule is CCc1c(C)nn2c(N)c(C#N)c(NCCc3ccn(CC4CC(=O)C4)n3)nc12. The molecule has 0 aliphatic heterocycles. The zero-order valence-electron chi connectivity index (χ0n) is 16.6. The Kier molecular flexibility index (Phi) is 4.92. The first kappa shape index (κ1) is 18.9. The number of nitrogen functional groups attached to an aromatic ring is 1. The van der Waals surface area contributed by atoms with E-state index in [1.54, 1.807) is 4.52 Å². The van der Waals surface area contributed by atoms with E-state index >= 15 is 0 Å². The van der Waals surface area contributed by atoms with Gasteiger partial charge in [-0.2, -0.15) is 20.0 Å². The van der Waals surface area contributed by atoms with E-state index in [1.165, 1.54) is 0 Å². The highest BCUT2D eigenvalue weighted by molar-refractivity contribution is 5.84. The molecule has 0 aromatic carbocycles. The fraction of sp³-hybridized carbons (Fsp3) is 0.450. The van der Waals surface area contributed by atoms with Crippen LogP contribution in [-0.2, 0) is 24.2 Å². The minimum absolute atomic E-state index is 0.294. The van der Waals surface area contributed by atoms with Gasteiger partial charge in [-0.1, -0.05) is 6.92 Å². The zero-order valence-corrected chi connectivity index (χ0v) is 16.6. The lowest BCUT2D eigenvalue weighted by atomic mass is 9.84. The number of carbonyl (C=O) groups is 1. The van der Waals surface area contributed by atoms with Crippen LogP contribution < -0.4 is 11.1 Å². The zero-order chi connectivity index (χ0) is 20.5. The van der Waals surface area contributed by atoms with Gasteiger partial charge in [-0.25, -0.2) is 4.98 Å². The van der Waals surface area contributed by atoms with Crippen molar-refractivity contribution in [1.82, 2.24) is 24.4 Å². The lowest BCUT2D eigenvalue weighted by Crippen LogP contribution is -2.27. The average Bonchev–Trinajstić information content (AvgIpc) is 3.24. The number of aromatic nitrogens is 5. The van der Waals surface area contributed by atoms with Crippen molar-refractivity contribution < 1.29 is 4.79 Å². The van der Waals surface area contributed by atoms with Crippen molar-refractivity contribution in [2.45, 2.75) is 46.1 Å². The Balaban J connectivity index is 1.46. The molecule has 3 heterocycles. The quantitative estimate of drug-likeness (QED) is 0.628. The van der Waals surface area contributed by atoms with Gasteiger partial charge in [0, 0.05) is 44.1 Å². The summed E-state index contributed by atoms with van der Waals surface area (Å²) in [7, 11) is 0. The third-order valence-electron chi connectivity index (χ3n) is 5.41. The van der Waals surface area contributed by atoms with E-state index in [-0.39, 0.29) is 0 Å². The summed E-state index contributed by atoms with van der Waals surface area (Å²) in [5.41, 5.74) is 10.0. The van der Waals surface area contributed by atoms with Gasteiger partial charge in [0.15, 0.2) is 5.65 Å². The lowest BCUT2D eigenvalue weighted by Gasteiger charge is -2.23. The Hall–Kier alpha value is -3.41. The van der Waals surface area contributed by atoms with E-state index < -0.39 is 0 Å². The molecule has 3 aromatic heterocycles. The molecule has 1 aliphatic rings. The van der Waals surface area contributed by atoms with Crippen molar-refractivity contribution in [3.63, 3.8) is 0 Å². The number of nitrogens with one attached hydrogen (secondary N) is 1. The van der Waals surface area contributed by atoms with Crippen molar-refractivity contribution in [1.29, 1.82) is 5.26 Å². The molecule has 9 nitrogen and oxygen atoms in total. The number of rotatable bonds is 7. The van der Waals surface area contributed by atoms with Gasteiger partial charge in [-0.15, -0.1) is 0 Å². The predicted molar refractivity (Wildman–Crippen MR) is 108 cm³/mol. The van der Waals surface area contributed by atoms with Crippen molar-refractivity contribution in [2.75, 3.05) is 17.6 Å². The third kappa shape index (κ3) is 3.53. The van der Waals surface area contributed by atoms with Gasteiger partial charge >= 0.3 is 0 Å². The second kappa shape index (κ2) is 7.54. The van der Waals surface area contributed by atoms with Crippen LogP contribution in [0.2, 0.25) is 0 Å². The smallest absolute Gasteiger partial charge is 0.163 e. The molecule has 0 atom stereocenters. The molecule has 29 heavy (non-hydrogen) atoms. The van der Waals surface area contributed by atoms with Crippen LogP contribution in [0.3, 0.4) is 0 Å². The fourth-order valence-corrected chi connectivity index (χ4v) is 3.80. The van der Waals surface area contributed by atoms with Gasteiger partial charge in [0.25, 0.3) is 0 Å². The number of nitriles is 1. The molecule has 0 bridgehead atoms. The Labute approximate surface area is 168 Å². The first-order valence-corrected chi connectivity index (χ1v) is 9.85.